The number of fused-ring (bicyclic) bond motifs is 1. The molecule has 3 heteroatoms. The van der Waals surface area contributed by atoms with E-state index in [1.807, 2.05) is 30.5 Å². The molecule has 106 valence electrons. The number of nitrogens with zero attached hydrogens (tertiary/aromatic N) is 1. The van der Waals surface area contributed by atoms with Gasteiger partial charge < -0.3 is 0 Å². The summed E-state index contributed by atoms with van der Waals surface area (Å²) in [4.78, 5) is 4.42. The second-order valence-corrected chi connectivity index (χ2v) is 5.38. The molecule has 1 aromatic heterocycles. The van der Waals surface area contributed by atoms with Crippen LogP contribution >= 0.6 is 0 Å². The van der Waals surface area contributed by atoms with Crippen LogP contribution in [0.2, 0.25) is 0 Å². The lowest BCUT2D eigenvalue weighted by molar-refractivity contribution is 0.637. The highest BCUT2D eigenvalue weighted by Gasteiger charge is 2.17. The van der Waals surface area contributed by atoms with E-state index in [4.69, 9.17) is 5.84 Å². The van der Waals surface area contributed by atoms with Gasteiger partial charge in [0.15, 0.2) is 0 Å². The molecular weight excluding hydrogens is 258 g/mol. The summed E-state index contributed by atoms with van der Waals surface area (Å²) in [6.45, 7) is 4.21. The van der Waals surface area contributed by atoms with Crippen LogP contribution in [0, 0.1) is 13.8 Å². The van der Waals surface area contributed by atoms with Crippen LogP contribution in [0.15, 0.2) is 54.7 Å². The molecule has 0 saturated heterocycles. The van der Waals surface area contributed by atoms with Crippen LogP contribution in [-0.2, 0) is 0 Å². The molecular formula is C18H19N3. The highest BCUT2D eigenvalue weighted by Crippen LogP contribution is 2.29. The van der Waals surface area contributed by atoms with E-state index in [0.717, 1.165) is 16.5 Å². The van der Waals surface area contributed by atoms with E-state index in [0.29, 0.717) is 0 Å². The number of rotatable bonds is 3. The van der Waals surface area contributed by atoms with Gasteiger partial charge in [-0.15, -0.1) is 0 Å². The number of hydrogen-bond donors (Lipinski definition) is 2. The summed E-state index contributed by atoms with van der Waals surface area (Å²) in [5.74, 6) is 5.88. The summed E-state index contributed by atoms with van der Waals surface area (Å²) in [5.41, 5.74) is 8.76. The zero-order valence-electron chi connectivity index (χ0n) is 12.3. The Kier molecular flexibility index (Phi) is 3.69. The maximum Gasteiger partial charge on any atom is 0.0719 e. The monoisotopic (exact) mass is 277 g/mol. The Bertz CT molecular complexity index is 775. The first-order valence-corrected chi connectivity index (χ1v) is 7.07. The number of nitrogens with two attached hydrogens (primary N) is 1. The van der Waals surface area contributed by atoms with Crippen molar-refractivity contribution in [1.82, 2.24) is 10.4 Å². The lowest BCUT2D eigenvalue weighted by atomic mass is 9.92. The third kappa shape index (κ3) is 2.53. The van der Waals surface area contributed by atoms with Crippen molar-refractivity contribution in [3.8, 4) is 0 Å². The minimum Gasteiger partial charge on any atom is -0.271 e. The Balaban J connectivity index is 2.21. The normalized spacial score (nSPS) is 12.5. The fourth-order valence-corrected chi connectivity index (χ4v) is 2.79. The van der Waals surface area contributed by atoms with Gasteiger partial charge in [0.1, 0.15) is 0 Å². The molecule has 0 aliphatic rings. The Morgan fingerprint density at radius 2 is 1.81 bits per heavy atom. The number of hydrazine groups is 1. The van der Waals surface area contributed by atoms with Crippen molar-refractivity contribution in [3.63, 3.8) is 0 Å². The molecule has 3 N–H and O–H groups in total. The van der Waals surface area contributed by atoms with Gasteiger partial charge in [-0.2, -0.15) is 0 Å². The van der Waals surface area contributed by atoms with Gasteiger partial charge in [-0.3, -0.25) is 10.8 Å². The summed E-state index contributed by atoms with van der Waals surface area (Å²) < 4.78 is 0. The fourth-order valence-electron chi connectivity index (χ4n) is 2.79. The van der Waals surface area contributed by atoms with E-state index in [1.165, 1.54) is 16.7 Å². The summed E-state index contributed by atoms with van der Waals surface area (Å²) in [6.07, 6.45) is 1.84. The zero-order chi connectivity index (χ0) is 14.8. The molecule has 1 atom stereocenters. The molecule has 0 aliphatic carbocycles. The van der Waals surface area contributed by atoms with Crippen molar-refractivity contribution >= 4 is 10.9 Å². The lowest BCUT2D eigenvalue weighted by Gasteiger charge is -2.21. The quantitative estimate of drug-likeness (QED) is 0.570. The van der Waals surface area contributed by atoms with Gasteiger partial charge in [-0.25, -0.2) is 5.43 Å². The average molecular weight is 277 g/mol. The number of aryl methyl sites for hydroxylation is 2. The molecule has 0 radical (unpaired) electrons. The SMILES string of the molecule is Cc1ccc(C)c(C(NN)c2ccnc3ccccc23)c1. The lowest BCUT2D eigenvalue weighted by Crippen LogP contribution is -2.29. The maximum atomic E-state index is 5.88. The Hall–Kier alpha value is -2.23. The molecule has 0 aliphatic heterocycles. The second-order valence-electron chi connectivity index (χ2n) is 5.38. The van der Waals surface area contributed by atoms with Crippen molar-refractivity contribution in [1.29, 1.82) is 0 Å². The molecule has 3 rings (SSSR count). The number of aromatic nitrogens is 1. The second kappa shape index (κ2) is 5.64. The van der Waals surface area contributed by atoms with Gasteiger partial charge in [0.2, 0.25) is 0 Å². The van der Waals surface area contributed by atoms with Crippen molar-refractivity contribution < 1.29 is 0 Å². The van der Waals surface area contributed by atoms with E-state index in [2.05, 4.69) is 48.5 Å². The minimum absolute atomic E-state index is 0.0437. The van der Waals surface area contributed by atoms with E-state index >= 15 is 0 Å². The summed E-state index contributed by atoms with van der Waals surface area (Å²) >= 11 is 0. The summed E-state index contributed by atoms with van der Waals surface area (Å²) in [7, 11) is 0. The van der Waals surface area contributed by atoms with Crippen LogP contribution in [0.25, 0.3) is 10.9 Å². The van der Waals surface area contributed by atoms with E-state index in [9.17, 15) is 0 Å². The molecule has 3 nitrogen and oxygen atoms in total. The number of nitrogens with one attached hydrogen (secondary N) is 1. The summed E-state index contributed by atoms with van der Waals surface area (Å²) in [6, 6.07) is 16.6. The van der Waals surface area contributed by atoms with Gasteiger partial charge in [0.25, 0.3) is 0 Å². The molecule has 0 bridgehead atoms. The first kappa shape index (κ1) is 13.7. The largest absolute Gasteiger partial charge is 0.271 e. The molecule has 2 aromatic carbocycles. The van der Waals surface area contributed by atoms with E-state index < -0.39 is 0 Å². The third-order valence-corrected chi connectivity index (χ3v) is 3.91. The van der Waals surface area contributed by atoms with Crippen LogP contribution in [-0.4, -0.2) is 4.98 Å². The number of hydrogen-bond acceptors (Lipinski definition) is 3. The highest BCUT2D eigenvalue weighted by atomic mass is 15.2. The van der Waals surface area contributed by atoms with Crippen molar-refractivity contribution in [2.45, 2.75) is 19.9 Å². The first-order chi connectivity index (χ1) is 10.2. The molecule has 1 unspecified atom stereocenters. The smallest absolute Gasteiger partial charge is 0.0719 e. The fraction of sp³-hybridized carbons (Fsp3) is 0.167. The highest BCUT2D eigenvalue weighted by molar-refractivity contribution is 5.82. The molecule has 3 aromatic rings. The minimum atomic E-state index is -0.0437. The Morgan fingerprint density at radius 1 is 1.00 bits per heavy atom. The molecule has 0 fully saturated rings. The van der Waals surface area contributed by atoms with Gasteiger partial charge in [0, 0.05) is 11.6 Å². The van der Waals surface area contributed by atoms with Crippen LogP contribution in [0.5, 0.6) is 0 Å². The van der Waals surface area contributed by atoms with E-state index in [-0.39, 0.29) is 6.04 Å². The van der Waals surface area contributed by atoms with E-state index in [1.54, 1.807) is 0 Å². The van der Waals surface area contributed by atoms with Crippen LogP contribution in [0.3, 0.4) is 0 Å². The van der Waals surface area contributed by atoms with Crippen molar-refractivity contribution in [2.75, 3.05) is 0 Å². The maximum absolute atomic E-state index is 5.88. The standard InChI is InChI=1S/C18H19N3/c1-12-7-8-13(2)16(11-12)18(21-19)15-9-10-20-17-6-4-3-5-14(15)17/h3-11,18,21H,19H2,1-2H3. The van der Waals surface area contributed by atoms with Crippen molar-refractivity contribution in [3.05, 3.63) is 77.0 Å². The average Bonchev–Trinajstić information content (AvgIpc) is 2.51. The van der Waals surface area contributed by atoms with Gasteiger partial charge in [-0.05, 0) is 42.7 Å². The number of para-hydroxylation sites is 1. The van der Waals surface area contributed by atoms with Crippen LogP contribution < -0.4 is 11.3 Å². The third-order valence-electron chi connectivity index (χ3n) is 3.91. The predicted octanol–water partition coefficient (Wildman–Crippen LogP) is 3.40. The first-order valence-electron chi connectivity index (χ1n) is 7.07. The number of pyridine rings is 1. The van der Waals surface area contributed by atoms with Crippen molar-refractivity contribution in [2.24, 2.45) is 5.84 Å². The topological polar surface area (TPSA) is 50.9 Å². The molecule has 1 heterocycles. The summed E-state index contributed by atoms with van der Waals surface area (Å²) in [5, 5.41) is 1.13. The molecule has 0 spiro atoms. The molecule has 21 heavy (non-hydrogen) atoms. The predicted molar refractivity (Wildman–Crippen MR) is 86.8 cm³/mol. The molecule has 0 saturated carbocycles. The van der Waals surface area contributed by atoms with Gasteiger partial charge in [0.05, 0.1) is 11.6 Å². The molecule has 0 amide bonds. The zero-order valence-corrected chi connectivity index (χ0v) is 12.3. The van der Waals surface area contributed by atoms with Gasteiger partial charge in [-0.1, -0.05) is 42.0 Å². The Morgan fingerprint density at radius 3 is 2.62 bits per heavy atom. The number of benzene rings is 2. The van der Waals surface area contributed by atoms with Crippen LogP contribution in [0.1, 0.15) is 28.3 Å². The van der Waals surface area contributed by atoms with Crippen LogP contribution in [0.4, 0.5) is 0 Å². The van der Waals surface area contributed by atoms with Gasteiger partial charge >= 0.3 is 0 Å². The Labute approximate surface area is 124 Å².